The molecule has 15 heavy (non-hydrogen) atoms. The van der Waals surface area contributed by atoms with Crippen LogP contribution in [0.2, 0.25) is 0 Å². The Bertz CT molecular complexity index is 459. The molecule has 0 aliphatic rings. The van der Waals surface area contributed by atoms with Crippen molar-refractivity contribution < 1.29 is 26.3 Å². The van der Waals surface area contributed by atoms with Crippen molar-refractivity contribution in [3.05, 3.63) is 18.5 Å². The largest absolute Gasteiger partial charge is 0.573 e. The third-order valence-electron chi connectivity index (χ3n) is 1.23. The second kappa shape index (κ2) is 3.86. The zero-order valence-electron chi connectivity index (χ0n) is 6.82. The molecule has 0 aromatic carbocycles. The molecule has 0 saturated heterocycles. The average molecular weight is 262 g/mol. The van der Waals surface area contributed by atoms with E-state index in [0.717, 1.165) is 12.3 Å². The van der Waals surface area contributed by atoms with E-state index in [0.29, 0.717) is 6.20 Å². The van der Waals surface area contributed by atoms with Gasteiger partial charge in [0, 0.05) is 16.9 Å². The average Bonchev–Trinajstić information content (AvgIpc) is 1.99. The summed E-state index contributed by atoms with van der Waals surface area (Å²) in [5, 5.41) is 0. The van der Waals surface area contributed by atoms with Gasteiger partial charge in [0.2, 0.25) is 0 Å². The second-order valence-electron chi connectivity index (χ2n) is 2.31. The van der Waals surface area contributed by atoms with Crippen LogP contribution in [0.4, 0.5) is 13.2 Å². The summed E-state index contributed by atoms with van der Waals surface area (Å²) in [5.74, 6) is -0.958. The lowest BCUT2D eigenvalue weighted by molar-refractivity contribution is -0.275. The highest BCUT2D eigenvalue weighted by molar-refractivity contribution is 8.13. The molecule has 1 heterocycles. The van der Waals surface area contributed by atoms with Gasteiger partial charge in [-0.1, -0.05) is 0 Å². The molecule has 1 aromatic heterocycles. The molecule has 0 fully saturated rings. The monoisotopic (exact) mass is 261 g/mol. The summed E-state index contributed by atoms with van der Waals surface area (Å²) in [5.41, 5.74) is 0. The summed E-state index contributed by atoms with van der Waals surface area (Å²) in [6.07, 6.45) is -3.40. The van der Waals surface area contributed by atoms with Gasteiger partial charge >= 0.3 is 6.36 Å². The molecule has 1 rings (SSSR count). The van der Waals surface area contributed by atoms with Gasteiger partial charge in [-0.15, -0.1) is 13.2 Å². The van der Waals surface area contributed by atoms with Crippen molar-refractivity contribution in [2.24, 2.45) is 0 Å². The molecule has 84 valence electrons. The molecular weight excluding hydrogens is 259 g/mol. The highest BCUT2D eigenvalue weighted by Gasteiger charge is 2.33. The third-order valence-corrected chi connectivity index (χ3v) is 2.60. The summed E-state index contributed by atoms with van der Waals surface area (Å²) in [6.45, 7) is 0. The number of aromatic nitrogens is 1. The number of hydrogen-bond acceptors (Lipinski definition) is 4. The summed E-state index contributed by atoms with van der Waals surface area (Å²) in [6, 6.07) is 0.809. The normalized spacial score (nSPS) is 12.5. The highest BCUT2D eigenvalue weighted by Crippen LogP contribution is 2.30. The third kappa shape index (κ3) is 3.56. The minimum Gasteiger partial charge on any atom is -0.403 e. The summed E-state index contributed by atoms with van der Waals surface area (Å²) in [4.78, 5) is 2.51. The zero-order chi connectivity index (χ0) is 11.7. The van der Waals surface area contributed by atoms with Gasteiger partial charge in [-0.3, -0.25) is 4.98 Å². The molecule has 0 radical (unpaired) electrons. The molecule has 0 amide bonds. The number of alkyl halides is 3. The fourth-order valence-corrected chi connectivity index (χ4v) is 1.71. The highest BCUT2D eigenvalue weighted by atomic mass is 35.7. The fraction of sp³-hybridized carbons (Fsp3) is 0.167. The molecule has 0 unspecified atom stereocenters. The number of ether oxygens (including phenoxy) is 1. The number of nitrogens with zero attached hydrogens (tertiary/aromatic N) is 1. The van der Waals surface area contributed by atoms with Crippen molar-refractivity contribution in [1.82, 2.24) is 4.98 Å². The Kier molecular flexibility index (Phi) is 3.10. The molecule has 0 spiro atoms. The van der Waals surface area contributed by atoms with E-state index in [1.165, 1.54) is 0 Å². The number of hydrogen-bond donors (Lipinski definition) is 0. The molecule has 0 N–H and O–H groups in total. The van der Waals surface area contributed by atoms with Crippen LogP contribution >= 0.6 is 10.7 Å². The lowest BCUT2D eigenvalue weighted by Gasteiger charge is -2.10. The molecule has 0 bridgehead atoms. The van der Waals surface area contributed by atoms with Gasteiger partial charge in [-0.05, 0) is 6.07 Å². The van der Waals surface area contributed by atoms with E-state index >= 15 is 0 Å². The maximum Gasteiger partial charge on any atom is 0.573 e. The van der Waals surface area contributed by atoms with Gasteiger partial charge in [-0.2, -0.15) is 0 Å². The number of rotatable bonds is 2. The second-order valence-corrected chi connectivity index (χ2v) is 4.84. The van der Waals surface area contributed by atoms with E-state index in [1.54, 1.807) is 0 Å². The Morgan fingerprint density at radius 2 is 2.00 bits per heavy atom. The lowest BCUT2D eigenvalue weighted by Crippen LogP contribution is -2.18. The zero-order valence-corrected chi connectivity index (χ0v) is 8.40. The Hall–Kier alpha value is -1.02. The smallest absolute Gasteiger partial charge is 0.403 e. The van der Waals surface area contributed by atoms with Crippen LogP contribution in [-0.2, 0) is 9.05 Å². The van der Waals surface area contributed by atoms with Crippen molar-refractivity contribution in [1.29, 1.82) is 0 Å². The Morgan fingerprint density at radius 1 is 1.40 bits per heavy atom. The first-order chi connectivity index (χ1) is 6.70. The van der Waals surface area contributed by atoms with Gasteiger partial charge in [0.1, 0.15) is 4.90 Å². The molecular formula is C6H3ClF3NO3S. The van der Waals surface area contributed by atoms with Crippen molar-refractivity contribution in [2.75, 3.05) is 0 Å². The lowest BCUT2D eigenvalue weighted by atomic mass is 10.5. The molecule has 1 aromatic rings. The summed E-state index contributed by atoms with van der Waals surface area (Å²) < 4.78 is 60.6. The van der Waals surface area contributed by atoms with Crippen LogP contribution in [0.25, 0.3) is 0 Å². The predicted octanol–water partition coefficient (Wildman–Crippen LogP) is 1.91. The number of halogens is 4. The Morgan fingerprint density at radius 3 is 2.47 bits per heavy atom. The maximum absolute atomic E-state index is 11.8. The SMILES string of the molecule is O=S(=O)(Cl)c1ccncc1OC(F)(F)F. The summed E-state index contributed by atoms with van der Waals surface area (Å²) >= 11 is 0. The van der Waals surface area contributed by atoms with E-state index in [2.05, 4.69) is 9.72 Å². The van der Waals surface area contributed by atoms with Crippen molar-refractivity contribution in [3.8, 4) is 5.75 Å². The van der Waals surface area contributed by atoms with Crippen molar-refractivity contribution in [3.63, 3.8) is 0 Å². The molecule has 9 heteroatoms. The Labute approximate surface area is 87.1 Å². The van der Waals surface area contributed by atoms with Gasteiger partial charge in [-0.25, -0.2) is 8.42 Å². The fourth-order valence-electron chi connectivity index (χ4n) is 0.770. The van der Waals surface area contributed by atoms with Crippen LogP contribution in [0.15, 0.2) is 23.4 Å². The minimum atomic E-state index is -5.00. The first-order valence-corrected chi connectivity index (χ1v) is 5.65. The van der Waals surface area contributed by atoms with E-state index in [4.69, 9.17) is 10.7 Å². The summed E-state index contributed by atoms with van der Waals surface area (Å²) in [7, 11) is 0.591. The van der Waals surface area contributed by atoms with Gasteiger partial charge in [0.05, 0.1) is 6.20 Å². The van der Waals surface area contributed by atoms with Crippen LogP contribution < -0.4 is 4.74 Å². The predicted molar refractivity (Wildman–Crippen MR) is 44.0 cm³/mol. The van der Waals surface area contributed by atoms with Crippen LogP contribution in [0.5, 0.6) is 5.75 Å². The maximum atomic E-state index is 11.8. The van der Waals surface area contributed by atoms with Gasteiger partial charge in [0.15, 0.2) is 5.75 Å². The van der Waals surface area contributed by atoms with Gasteiger partial charge in [0.25, 0.3) is 9.05 Å². The Balaban J connectivity index is 3.20. The molecule has 0 atom stereocenters. The first kappa shape index (κ1) is 12.1. The molecule has 0 saturated carbocycles. The van der Waals surface area contributed by atoms with Crippen LogP contribution in [-0.4, -0.2) is 19.8 Å². The molecule has 0 aliphatic carbocycles. The van der Waals surface area contributed by atoms with Crippen LogP contribution in [0.1, 0.15) is 0 Å². The quantitative estimate of drug-likeness (QED) is 0.763. The number of pyridine rings is 1. The van der Waals surface area contributed by atoms with Crippen molar-refractivity contribution in [2.45, 2.75) is 11.3 Å². The van der Waals surface area contributed by atoms with Gasteiger partial charge < -0.3 is 4.74 Å². The topological polar surface area (TPSA) is 56.3 Å². The minimum absolute atomic E-state index is 0.614. The van der Waals surface area contributed by atoms with E-state index in [1.807, 2.05) is 0 Å². The van der Waals surface area contributed by atoms with E-state index in [9.17, 15) is 21.6 Å². The van der Waals surface area contributed by atoms with E-state index < -0.39 is 26.1 Å². The van der Waals surface area contributed by atoms with Crippen LogP contribution in [0.3, 0.4) is 0 Å². The molecule has 4 nitrogen and oxygen atoms in total. The standard InChI is InChI=1S/C6H3ClF3NO3S/c7-15(12,13)5-1-2-11-3-4(5)14-6(8,9)10/h1-3H. The van der Waals surface area contributed by atoms with E-state index in [-0.39, 0.29) is 0 Å². The van der Waals surface area contributed by atoms with Crippen molar-refractivity contribution >= 4 is 19.7 Å². The first-order valence-electron chi connectivity index (χ1n) is 3.34. The van der Waals surface area contributed by atoms with Crippen LogP contribution in [0, 0.1) is 0 Å². The molecule has 0 aliphatic heterocycles.